The number of hydrogen-bond acceptors (Lipinski definition) is 3. The van der Waals surface area contributed by atoms with Crippen molar-refractivity contribution in [2.24, 2.45) is 0 Å². The fourth-order valence-corrected chi connectivity index (χ4v) is 3.02. The van der Waals surface area contributed by atoms with Crippen LogP contribution >= 0.6 is 46.4 Å². The van der Waals surface area contributed by atoms with E-state index >= 15 is 0 Å². The van der Waals surface area contributed by atoms with Crippen molar-refractivity contribution in [2.45, 2.75) is 12.1 Å². The highest BCUT2D eigenvalue weighted by molar-refractivity contribution is 6.42. The lowest BCUT2D eigenvalue weighted by molar-refractivity contribution is -0.114. The second-order valence-electron chi connectivity index (χ2n) is 5.31. The number of anilines is 2. The van der Waals surface area contributed by atoms with Gasteiger partial charge in [0.15, 0.2) is 5.78 Å². The van der Waals surface area contributed by atoms with Crippen LogP contribution in [0.15, 0.2) is 48.6 Å². The van der Waals surface area contributed by atoms with Crippen LogP contribution in [0.2, 0.25) is 20.1 Å². The van der Waals surface area contributed by atoms with E-state index in [9.17, 15) is 4.79 Å². The van der Waals surface area contributed by atoms with Crippen molar-refractivity contribution < 1.29 is 4.79 Å². The topological polar surface area (TPSA) is 41.1 Å². The van der Waals surface area contributed by atoms with E-state index in [1.54, 1.807) is 48.6 Å². The number of ketones is 1. The van der Waals surface area contributed by atoms with E-state index in [1.165, 1.54) is 0 Å². The fraction of sp³-hybridized carbons (Fsp3) is 0.118. The molecule has 0 amide bonds. The summed E-state index contributed by atoms with van der Waals surface area (Å²) in [5.74, 6) is -0.0290. The predicted molar refractivity (Wildman–Crippen MR) is 102 cm³/mol. The largest absolute Gasteiger partial charge is 0.376 e. The van der Waals surface area contributed by atoms with Gasteiger partial charge in [-0.1, -0.05) is 52.5 Å². The quantitative estimate of drug-likeness (QED) is 0.690. The maximum Gasteiger partial charge on any atom is 0.180 e. The van der Waals surface area contributed by atoms with Gasteiger partial charge in [-0.3, -0.25) is 4.79 Å². The molecule has 124 valence electrons. The summed E-state index contributed by atoms with van der Waals surface area (Å²) in [6.45, 7) is 0. The molecule has 2 aromatic rings. The lowest BCUT2D eigenvalue weighted by Gasteiger charge is -2.23. The fourth-order valence-electron chi connectivity index (χ4n) is 2.43. The summed E-state index contributed by atoms with van der Waals surface area (Å²) in [5.41, 5.74) is 1.49. The summed E-state index contributed by atoms with van der Waals surface area (Å²) < 4.78 is 0. The molecule has 0 saturated heterocycles. The van der Waals surface area contributed by atoms with Gasteiger partial charge in [-0.15, -0.1) is 0 Å². The Labute approximate surface area is 159 Å². The predicted octanol–water partition coefficient (Wildman–Crippen LogP) is 5.70. The average Bonchev–Trinajstić information content (AvgIpc) is 2.87. The minimum absolute atomic E-state index is 0.0290. The molecule has 0 fully saturated rings. The molecule has 0 saturated carbocycles. The molecule has 0 heterocycles. The second kappa shape index (κ2) is 7.24. The van der Waals surface area contributed by atoms with Crippen molar-refractivity contribution in [1.82, 2.24) is 0 Å². The van der Waals surface area contributed by atoms with Gasteiger partial charge < -0.3 is 10.6 Å². The summed E-state index contributed by atoms with van der Waals surface area (Å²) in [5, 5.41) is 8.25. The molecule has 3 rings (SSSR count). The molecule has 0 unspecified atom stereocenters. The number of carbonyl (C=O) groups excluding carboxylic acids is 1. The second-order valence-corrected chi connectivity index (χ2v) is 6.94. The first-order valence-corrected chi connectivity index (χ1v) is 8.60. The summed E-state index contributed by atoms with van der Waals surface area (Å²) in [7, 11) is 0. The lowest BCUT2D eigenvalue weighted by Crippen LogP contribution is -2.39. The molecule has 1 aliphatic rings. The molecule has 2 aromatic carbocycles. The SMILES string of the molecule is O=C1C=C[C@@H](Nc2ccc(Cl)c(Cl)c2)[C@@H]1Nc1ccc(Cl)c(Cl)c1. The van der Waals surface area contributed by atoms with E-state index in [0.29, 0.717) is 25.8 Å². The maximum absolute atomic E-state index is 12.2. The molecule has 2 N–H and O–H groups in total. The molecule has 24 heavy (non-hydrogen) atoms. The van der Waals surface area contributed by atoms with Crippen LogP contribution in [0.1, 0.15) is 0 Å². The van der Waals surface area contributed by atoms with Gasteiger partial charge >= 0.3 is 0 Å². The first-order valence-electron chi connectivity index (χ1n) is 7.09. The first-order chi connectivity index (χ1) is 11.4. The normalized spacial score (nSPS) is 19.6. The minimum atomic E-state index is -0.461. The molecule has 3 nitrogen and oxygen atoms in total. The van der Waals surface area contributed by atoms with Gasteiger partial charge in [0, 0.05) is 11.4 Å². The van der Waals surface area contributed by atoms with Gasteiger partial charge in [0.25, 0.3) is 0 Å². The summed E-state index contributed by atoms with van der Waals surface area (Å²) in [6, 6.07) is 9.68. The van der Waals surface area contributed by atoms with E-state index in [2.05, 4.69) is 10.6 Å². The number of benzene rings is 2. The molecule has 0 spiro atoms. The highest BCUT2D eigenvalue weighted by Crippen LogP contribution is 2.28. The smallest absolute Gasteiger partial charge is 0.180 e. The van der Waals surface area contributed by atoms with Crippen LogP contribution < -0.4 is 10.6 Å². The number of carbonyl (C=O) groups is 1. The van der Waals surface area contributed by atoms with Crippen molar-refractivity contribution in [3.05, 3.63) is 68.6 Å². The van der Waals surface area contributed by atoms with Crippen LogP contribution in [-0.4, -0.2) is 17.9 Å². The van der Waals surface area contributed by atoms with E-state index in [-0.39, 0.29) is 11.8 Å². The maximum atomic E-state index is 12.2. The van der Waals surface area contributed by atoms with E-state index in [0.717, 1.165) is 5.69 Å². The zero-order chi connectivity index (χ0) is 17.3. The van der Waals surface area contributed by atoms with E-state index < -0.39 is 6.04 Å². The van der Waals surface area contributed by atoms with Crippen LogP contribution in [0.4, 0.5) is 11.4 Å². The molecule has 2 atom stereocenters. The lowest BCUT2D eigenvalue weighted by atomic mass is 10.1. The molecule has 0 aliphatic heterocycles. The summed E-state index contributed by atoms with van der Waals surface area (Å²) in [6.07, 6.45) is 3.35. The summed E-state index contributed by atoms with van der Waals surface area (Å²) in [4.78, 5) is 12.2. The van der Waals surface area contributed by atoms with E-state index in [4.69, 9.17) is 46.4 Å². The highest BCUT2D eigenvalue weighted by Gasteiger charge is 2.30. The third kappa shape index (κ3) is 3.81. The molecular weight excluding hydrogens is 390 g/mol. The van der Waals surface area contributed by atoms with E-state index in [1.807, 2.05) is 0 Å². The minimum Gasteiger partial charge on any atom is -0.376 e. The Hall–Kier alpha value is -1.39. The van der Waals surface area contributed by atoms with Crippen LogP contribution in [0, 0.1) is 0 Å². The van der Waals surface area contributed by atoms with Gasteiger partial charge in [0.2, 0.25) is 0 Å². The number of halogens is 4. The molecule has 7 heteroatoms. The number of hydrogen-bond donors (Lipinski definition) is 2. The third-order valence-corrected chi connectivity index (χ3v) is 5.11. The van der Waals surface area contributed by atoms with Crippen LogP contribution in [0.5, 0.6) is 0 Å². The number of nitrogens with one attached hydrogen (secondary N) is 2. The Bertz CT molecular complexity index is 822. The highest BCUT2D eigenvalue weighted by atomic mass is 35.5. The van der Waals surface area contributed by atoms with Gasteiger partial charge in [-0.25, -0.2) is 0 Å². The Morgan fingerprint density at radius 1 is 0.750 bits per heavy atom. The van der Waals surface area contributed by atoms with Crippen molar-refractivity contribution in [3.63, 3.8) is 0 Å². The molecule has 0 radical (unpaired) electrons. The molecular formula is C17H12Cl4N2O. The zero-order valence-corrected chi connectivity index (χ0v) is 15.2. The van der Waals surface area contributed by atoms with Crippen LogP contribution in [0.25, 0.3) is 0 Å². The monoisotopic (exact) mass is 400 g/mol. The van der Waals surface area contributed by atoms with Crippen LogP contribution in [-0.2, 0) is 4.79 Å². The Morgan fingerprint density at radius 2 is 1.29 bits per heavy atom. The van der Waals surface area contributed by atoms with Gasteiger partial charge in [-0.05, 0) is 42.5 Å². The standard InChI is InChI=1S/C17H12Cl4N2O/c18-11-3-1-9(7-13(11)20)22-15-5-6-16(24)17(15)23-10-2-4-12(19)14(21)8-10/h1-8,15,17,22-23H/t15-,17+/m1/s1. The zero-order valence-electron chi connectivity index (χ0n) is 12.2. The Kier molecular flexibility index (Phi) is 5.26. The van der Waals surface area contributed by atoms with Gasteiger partial charge in [0.1, 0.15) is 6.04 Å². The Morgan fingerprint density at radius 3 is 1.83 bits per heavy atom. The van der Waals surface area contributed by atoms with Crippen molar-refractivity contribution in [1.29, 1.82) is 0 Å². The van der Waals surface area contributed by atoms with Crippen molar-refractivity contribution >= 4 is 63.6 Å². The van der Waals surface area contributed by atoms with Crippen molar-refractivity contribution in [2.75, 3.05) is 10.6 Å². The molecule has 0 aromatic heterocycles. The van der Waals surface area contributed by atoms with Crippen molar-refractivity contribution in [3.8, 4) is 0 Å². The Balaban J connectivity index is 1.77. The van der Waals surface area contributed by atoms with Crippen LogP contribution in [0.3, 0.4) is 0 Å². The molecule has 0 bridgehead atoms. The molecule has 1 aliphatic carbocycles. The average molecular weight is 402 g/mol. The first kappa shape index (κ1) is 17.4. The van der Waals surface area contributed by atoms with Gasteiger partial charge in [-0.2, -0.15) is 0 Å². The third-order valence-electron chi connectivity index (χ3n) is 3.63. The summed E-state index contributed by atoms with van der Waals surface area (Å²) >= 11 is 23.9. The van der Waals surface area contributed by atoms with Gasteiger partial charge in [0.05, 0.1) is 26.1 Å². The number of rotatable bonds is 4.